The van der Waals surface area contributed by atoms with Crippen LogP contribution in [0.4, 0.5) is 0 Å². The fourth-order valence-corrected chi connectivity index (χ4v) is 2.56. The normalized spacial score (nSPS) is 21.4. The Morgan fingerprint density at radius 1 is 1.07 bits per heavy atom. The number of nitrogens with two attached hydrogens (primary N) is 1. The minimum absolute atomic E-state index is 0.494. The Hall–Kier alpha value is -0.0400. The zero-order chi connectivity index (χ0) is 10.4. The number of hydrogen-bond donors (Lipinski definition) is 1. The SMILES string of the molecule is CC(C)CCCC(N)C1CCCCC1. The highest BCUT2D eigenvalue weighted by Gasteiger charge is 2.19. The average molecular weight is 197 g/mol. The molecular formula is C13H27N. The first-order valence-electron chi connectivity index (χ1n) is 6.45. The van der Waals surface area contributed by atoms with E-state index < -0.39 is 0 Å². The molecule has 1 atom stereocenters. The molecule has 1 fully saturated rings. The molecule has 0 heterocycles. The Balaban J connectivity index is 2.10. The van der Waals surface area contributed by atoms with Crippen LogP contribution in [0.2, 0.25) is 0 Å². The highest BCUT2D eigenvalue weighted by atomic mass is 14.6. The van der Waals surface area contributed by atoms with Gasteiger partial charge >= 0.3 is 0 Å². The summed E-state index contributed by atoms with van der Waals surface area (Å²) in [5, 5.41) is 0. The molecule has 0 bridgehead atoms. The highest BCUT2D eigenvalue weighted by molar-refractivity contribution is 4.76. The lowest BCUT2D eigenvalue weighted by Gasteiger charge is -2.27. The third-order valence-electron chi connectivity index (χ3n) is 3.57. The third kappa shape index (κ3) is 4.45. The van der Waals surface area contributed by atoms with E-state index in [1.54, 1.807) is 0 Å². The molecule has 14 heavy (non-hydrogen) atoms. The van der Waals surface area contributed by atoms with Crippen LogP contribution in [0.15, 0.2) is 0 Å². The lowest BCUT2D eigenvalue weighted by molar-refractivity contribution is 0.288. The van der Waals surface area contributed by atoms with Crippen LogP contribution in [0.1, 0.15) is 65.2 Å². The number of rotatable bonds is 5. The lowest BCUT2D eigenvalue weighted by Crippen LogP contribution is -2.31. The van der Waals surface area contributed by atoms with Gasteiger partial charge in [-0.2, -0.15) is 0 Å². The molecule has 1 heteroatoms. The molecule has 0 spiro atoms. The third-order valence-corrected chi connectivity index (χ3v) is 3.57. The fraction of sp³-hybridized carbons (Fsp3) is 1.00. The molecule has 0 aliphatic heterocycles. The second-order valence-corrected chi connectivity index (χ2v) is 5.39. The van der Waals surface area contributed by atoms with Crippen LogP contribution in [0.3, 0.4) is 0 Å². The second kappa shape index (κ2) is 6.44. The maximum Gasteiger partial charge on any atom is 0.00671 e. The van der Waals surface area contributed by atoms with Crippen molar-refractivity contribution in [2.45, 2.75) is 71.3 Å². The van der Waals surface area contributed by atoms with Crippen molar-refractivity contribution >= 4 is 0 Å². The molecule has 1 saturated carbocycles. The Morgan fingerprint density at radius 3 is 2.29 bits per heavy atom. The molecule has 1 nitrogen and oxygen atoms in total. The van der Waals surface area contributed by atoms with Gasteiger partial charge in [0.1, 0.15) is 0 Å². The van der Waals surface area contributed by atoms with E-state index in [2.05, 4.69) is 13.8 Å². The minimum atomic E-state index is 0.494. The van der Waals surface area contributed by atoms with Gasteiger partial charge in [0.15, 0.2) is 0 Å². The second-order valence-electron chi connectivity index (χ2n) is 5.39. The van der Waals surface area contributed by atoms with Crippen molar-refractivity contribution in [2.75, 3.05) is 0 Å². The first kappa shape index (κ1) is 12.0. The quantitative estimate of drug-likeness (QED) is 0.714. The Morgan fingerprint density at radius 2 is 1.71 bits per heavy atom. The van der Waals surface area contributed by atoms with Crippen molar-refractivity contribution in [2.24, 2.45) is 17.6 Å². The van der Waals surface area contributed by atoms with E-state index in [4.69, 9.17) is 5.73 Å². The first-order chi connectivity index (χ1) is 6.70. The van der Waals surface area contributed by atoms with Crippen molar-refractivity contribution in [3.05, 3.63) is 0 Å². The van der Waals surface area contributed by atoms with Crippen LogP contribution in [0.5, 0.6) is 0 Å². The molecule has 0 aromatic heterocycles. The van der Waals surface area contributed by atoms with Crippen LogP contribution in [-0.2, 0) is 0 Å². The topological polar surface area (TPSA) is 26.0 Å². The maximum absolute atomic E-state index is 6.23. The van der Waals surface area contributed by atoms with Crippen molar-refractivity contribution in [3.8, 4) is 0 Å². The van der Waals surface area contributed by atoms with E-state index in [0.29, 0.717) is 6.04 Å². The van der Waals surface area contributed by atoms with Gasteiger partial charge in [-0.1, -0.05) is 46.0 Å². The first-order valence-corrected chi connectivity index (χ1v) is 6.45. The molecule has 0 saturated heterocycles. The Kier molecular flexibility index (Phi) is 5.54. The summed E-state index contributed by atoms with van der Waals surface area (Å²) in [7, 11) is 0. The van der Waals surface area contributed by atoms with Crippen LogP contribution < -0.4 is 5.73 Å². The van der Waals surface area contributed by atoms with E-state index in [9.17, 15) is 0 Å². The van der Waals surface area contributed by atoms with E-state index in [1.165, 1.54) is 51.4 Å². The zero-order valence-corrected chi connectivity index (χ0v) is 9.97. The predicted octanol–water partition coefficient (Wildman–Crippen LogP) is 3.72. The summed E-state index contributed by atoms with van der Waals surface area (Å²) in [5.74, 6) is 1.68. The molecule has 0 aromatic carbocycles. The maximum atomic E-state index is 6.23. The van der Waals surface area contributed by atoms with Crippen molar-refractivity contribution in [1.29, 1.82) is 0 Å². The van der Waals surface area contributed by atoms with Gasteiger partial charge in [-0.25, -0.2) is 0 Å². The van der Waals surface area contributed by atoms with Gasteiger partial charge in [-0.05, 0) is 31.1 Å². The fourth-order valence-electron chi connectivity index (χ4n) is 2.56. The molecule has 0 aromatic rings. The summed E-state index contributed by atoms with van der Waals surface area (Å²) >= 11 is 0. The Bertz CT molecular complexity index is 136. The van der Waals surface area contributed by atoms with Crippen molar-refractivity contribution in [1.82, 2.24) is 0 Å². The molecule has 0 amide bonds. The van der Waals surface area contributed by atoms with Crippen LogP contribution in [0.25, 0.3) is 0 Å². The lowest BCUT2D eigenvalue weighted by atomic mass is 9.82. The summed E-state index contributed by atoms with van der Waals surface area (Å²) in [5.41, 5.74) is 6.23. The molecule has 1 aliphatic carbocycles. The monoisotopic (exact) mass is 197 g/mol. The Labute approximate surface area is 89.5 Å². The predicted molar refractivity (Wildman–Crippen MR) is 63.2 cm³/mol. The smallest absolute Gasteiger partial charge is 0.00671 e. The molecule has 1 aliphatic rings. The van der Waals surface area contributed by atoms with Gasteiger partial charge in [0.05, 0.1) is 0 Å². The van der Waals surface area contributed by atoms with Gasteiger partial charge in [-0.3, -0.25) is 0 Å². The van der Waals surface area contributed by atoms with E-state index >= 15 is 0 Å². The van der Waals surface area contributed by atoms with Gasteiger partial charge < -0.3 is 5.73 Å². The highest BCUT2D eigenvalue weighted by Crippen LogP contribution is 2.27. The van der Waals surface area contributed by atoms with Crippen LogP contribution in [0, 0.1) is 11.8 Å². The van der Waals surface area contributed by atoms with Crippen molar-refractivity contribution in [3.63, 3.8) is 0 Å². The number of hydrogen-bond acceptors (Lipinski definition) is 1. The van der Waals surface area contributed by atoms with Gasteiger partial charge in [-0.15, -0.1) is 0 Å². The van der Waals surface area contributed by atoms with Gasteiger partial charge in [0.25, 0.3) is 0 Å². The summed E-state index contributed by atoms with van der Waals surface area (Å²) < 4.78 is 0. The van der Waals surface area contributed by atoms with Crippen molar-refractivity contribution < 1.29 is 0 Å². The molecule has 1 unspecified atom stereocenters. The summed E-state index contributed by atoms with van der Waals surface area (Å²) in [6.07, 6.45) is 11.0. The minimum Gasteiger partial charge on any atom is -0.327 e. The average Bonchev–Trinajstić information content (AvgIpc) is 2.18. The van der Waals surface area contributed by atoms with Crippen LogP contribution >= 0.6 is 0 Å². The summed E-state index contributed by atoms with van der Waals surface area (Å²) in [4.78, 5) is 0. The van der Waals surface area contributed by atoms with Gasteiger partial charge in [0.2, 0.25) is 0 Å². The standard InChI is InChI=1S/C13H27N/c1-11(2)7-6-10-13(14)12-8-4-3-5-9-12/h11-13H,3-10,14H2,1-2H3. The van der Waals surface area contributed by atoms with Gasteiger partial charge in [0, 0.05) is 6.04 Å². The zero-order valence-electron chi connectivity index (χ0n) is 9.97. The molecule has 0 radical (unpaired) electrons. The largest absolute Gasteiger partial charge is 0.327 e. The van der Waals surface area contributed by atoms with E-state index in [1.807, 2.05) is 0 Å². The van der Waals surface area contributed by atoms with E-state index in [0.717, 1.165) is 11.8 Å². The molecule has 2 N–H and O–H groups in total. The molecular weight excluding hydrogens is 170 g/mol. The van der Waals surface area contributed by atoms with E-state index in [-0.39, 0.29) is 0 Å². The van der Waals surface area contributed by atoms with Crippen LogP contribution in [-0.4, -0.2) is 6.04 Å². The summed E-state index contributed by atoms with van der Waals surface area (Å²) in [6.45, 7) is 4.60. The molecule has 84 valence electrons. The summed E-state index contributed by atoms with van der Waals surface area (Å²) in [6, 6.07) is 0.494. The molecule has 1 rings (SSSR count).